The van der Waals surface area contributed by atoms with E-state index in [-0.39, 0.29) is 5.69 Å². The summed E-state index contributed by atoms with van der Waals surface area (Å²) in [7, 11) is 0. The van der Waals surface area contributed by atoms with Crippen LogP contribution in [0, 0.1) is 15.9 Å². The molecule has 0 aliphatic heterocycles. The highest BCUT2D eigenvalue weighted by molar-refractivity contribution is 5.53. The van der Waals surface area contributed by atoms with E-state index in [0.717, 1.165) is 17.3 Å². The number of para-hydroxylation sites is 1. The van der Waals surface area contributed by atoms with Crippen molar-refractivity contribution in [2.24, 2.45) is 0 Å². The van der Waals surface area contributed by atoms with Gasteiger partial charge in [-0.1, -0.05) is 32.0 Å². The van der Waals surface area contributed by atoms with Gasteiger partial charge in [0.05, 0.1) is 11.0 Å². The number of nitro groups is 1. The zero-order chi connectivity index (χ0) is 15.4. The minimum absolute atomic E-state index is 0.232. The fraction of sp³-hybridized carbons (Fsp3) is 0.250. The molecule has 1 N–H and O–H groups in total. The van der Waals surface area contributed by atoms with Crippen LogP contribution in [-0.2, 0) is 6.54 Å². The van der Waals surface area contributed by atoms with Gasteiger partial charge in [0.15, 0.2) is 0 Å². The lowest BCUT2D eigenvalue weighted by atomic mass is 10.0. The van der Waals surface area contributed by atoms with E-state index in [2.05, 4.69) is 19.2 Å². The summed E-state index contributed by atoms with van der Waals surface area (Å²) in [5, 5.41) is 14.0. The van der Waals surface area contributed by atoms with Crippen molar-refractivity contribution < 1.29 is 9.31 Å². The zero-order valence-corrected chi connectivity index (χ0v) is 12.0. The van der Waals surface area contributed by atoms with Crippen LogP contribution in [-0.4, -0.2) is 4.92 Å². The Bertz CT molecular complexity index is 656. The number of nitrogens with one attached hydrogen (secondary N) is 1. The third-order valence-electron chi connectivity index (χ3n) is 3.22. The molecule has 0 saturated carbocycles. The summed E-state index contributed by atoms with van der Waals surface area (Å²) in [6.07, 6.45) is 0. The van der Waals surface area contributed by atoms with Gasteiger partial charge in [-0.05, 0) is 29.2 Å². The van der Waals surface area contributed by atoms with Crippen LogP contribution < -0.4 is 5.32 Å². The topological polar surface area (TPSA) is 55.2 Å². The first-order valence-electron chi connectivity index (χ1n) is 6.74. The second-order valence-electron chi connectivity index (χ2n) is 5.17. The number of nitrogens with zero attached hydrogens (tertiary/aromatic N) is 1. The van der Waals surface area contributed by atoms with Gasteiger partial charge in [0.1, 0.15) is 5.82 Å². The van der Waals surface area contributed by atoms with Crippen LogP contribution in [0.2, 0.25) is 0 Å². The molecule has 0 bridgehead atoms. The maximum atomic E-state index is 13.4. The Hall–Kier alpha value is -2.43. The molecule has 5 heteroatoms. The highest BCUT2D eigenvalue weighted by Crippen LogP contribution is 2.24. The van der Waals surface area contributed by atoms with Gasteiger partial charge < -0.3 is 5.32 Å². The van der Waals surface area contributed by atoms with Crippen LogP contribution in [0.15, 0.2) is 42.5 Å². The summed E-state index contributed by atoms with van der Waals surface area (Å²) in [6, 6.07) is 11.5. The van der Waals surface area contributed by atoms with Gasteiger partial charge in [0.2, 0.25) is 0 Å². The standard InChI is InChI=1S/C16H17FN2O2/c1-11(2)15-5-3-4-6-16(15)18-10-12-7-13(17)9-14(8-12)19(20)21/h3-9,11,18H,10H2,1-2H3. The number of nitro benzene ring substituents is 1. The molecule has 2 aromatic rings. The summed E-state index contributed by atoms with van der Waals surface area (Å²) in [5.41, 5.74) is 2.42. The second kappa shape index (κ2) is 6.35. The average Bonchev–Trinajstić information content (AvgIpc) is 2.44. The number of anilines is 1. The van der Waals surface area contributed by atoms with E-state index >= 15 is 0 Å². The minimum Gasteiger partial charge on any atom is -0.381 e. The van der Waals surface area contributed by atoms with Crippen LogP contribution in [0.1, 0.15) is 30.9 Å². The molecule has 0 aliphatic carbocycles. The van der Waals surface area contributed by atoms with E-state index in [1.807, 2.05) is 24.3 Å². The normalized spacial score (nSPS) is 10.7. The summed E-state index contributed by atoms with van der Waals surface area (Å²) in [5.74, 6) is -0.242. The number of hydrogen-bond acceptors (Lipinski definition) is 3. The smallest absolute Gasteiger partial charge is 0.272 e. The SMILES string of the molecule is CC(C)c1ccccc1NCc1cc(F)cc([N+](=O)[O-])c1. The van der Waals surface area contributed by atoms with Gasteiger partial charge in [0, 0.05) is 18.3 Å². The number of rotatable bonds is 5. The number of benzene rings is 2. The Balaban J connectivity index is 2.19. The molecule has 0 aromatic heterocycles. The molecule has 110 valence electrons. The molecule has 0 fully saturated rings. The van der Waals surface area contributed by atoms with Gasteiger partial charge in [-0.15, -0.1) is 0 Å². The molecule has 0 atom stereocenters. The van der Waals surface area contributed by atoms with Crippen LogP contribution in [0.3, 0.4) is 0 Å². The molecular formula is C16H17FN2O2. The molecule has 0 saturated heterocycles. The monoisotopic (exact) mass is 288 g/mol. The van der Waals surface area contributed by atoms with E-state index in [0.29, 0.717) is 18.0 Å². The lowest BCUT2D eigenvalue weighted by Crippen LogP contribution is -2.04. The van der Waals surface area contributed by atoms with E-state index in [1.165, 1.54) is 12.1 Å². The van der Waals surface area contributed by atoms with Crippen LogP contribution >= 0.6 is 0 Å². The van der Waals surface area contributed by atoms with Crippen molar-refractivity contribution in [2.75, 3.05) is 5.32 Å². The van der Waals surface area contributed by atoms with E-state index in [9.17, 15) is 14.5 Å². The Labute approximate surface area is 122 Å². The molecule has 0 spiro atoms. The second-order valence-corrected chi connectivity index (χ2v) is 5.17. The Morgan fingerprint density at radius 1 is 1.24 bits per heavy atom. The zero-order valence-electron chi connectivity index (χ0n) is 12.0. The molecule has 2 aromatic carbocycles. The van der Waals surface area contributed by atoms with E-state index in [4.69, 9.17) is 0 Å². The quantitative estimate of drug-likeness (QED) is 0.652. The molecule has 0 amide bonds. The maximum absolute atomic E-state index is 13.4. The fourth-order valence-electron chi connectivity index (χ4n) is 2.20. The third kappa shape index (κ3) is 3.78. The number of non-ortho nitro benzene ring substituents is 1. The largest absolute Gasteiger partial charge is 0.381 e. The molecular weight excluding hydrogens is 271 g/mol. The van der Waals surface area contributed by atoms with Crippen molar-refractivity contribution in [3.05, 3.63) is 69.5 Å². The van der Waals surface area contributed by atoms with Crippen molar-refractivity contribution in [1.82, 2.24) is 0 Å². The van der Waals surface area contributed by atoms with E-state index in [1.54, 1.807) is 0 Å². The summed E-state index contributed by atoms with van der Waals surface area (Å²) >= 11 is 0. The summed E-state index contributed by atoms with van der Waals surface area (Å²) in [6.45, 7) is 4.52. The highest BCUT2D eigenvalue weighted by Gasteiger charge is 2.10. The third-order valence-corrected chi connectivity index (χ3v) is 3.22. The molecule has 21 heavy (non-hydrogen) atoms. The summed E-state index contributed by atoms with van der Waals surface area (Å²) in [4.78, 5) is 10.2. The minimum atomic E-state index is -0.599. The van der Waals surface area contributed by atoms with Gasteiger partial charge in [0.25, 0.3) is 5.69 Å². The van der Waals surface area contributed by atoms with Crippen LogP contribution in [0.25, 0.3) is 0 Å². The molecule has 0 heterocycles. The van der Waals surface area contributed by atoms with Crippen molar-refractivity contribution >= 4 is 11.4 Å². The van der Waals surface area contributed by atoms with Crippen molar-refractivity contribution in [1.29, 1.82) is 0 Å². The van der Waals surface area contributed by atoms with Crippen molar-refractivity contribution in [3.8, 4) is 0 Å². The first-order valence-corrected chi connectivity index (χ1v) is 6.74. The Kier molecular flexibility index (Phi) is 4.52. The van der Waals surface area contributed by atoms with Crippen LogP contribution in [0.4, 0.5) is 15.8 Å². The first-order chi connectivity index (χ1) is 9.97. The molecule has 0 radical (unpaired) electrons. The van der Waals surface area contributed by atoms with Crippen LogP contribution in [0.5, 0.6) is 0 Å². The van der Waals surface area contributed by atoms with Crippen molar-refractivity contribution in [2.45, 2.75) is 26.3 Å². The molecule has 0 unspecified atom stereocenters. The first kappa shape index (κ1) is 15.0. The number of halogens is 1. The molecule has 4 nitrogen and oxygen atoms in total. The summed E-state index contributed by atoms with van der Waals surface area (Å²) < 4.78 is 13.4. The number of hydrogen-bond donors (Lipinski definition) is 1. The average molecular weight is 288 g/mol. The maximum Gasteiger partial charge on any atom is 0.272 e. The Morgan fingerprint density at radius 2 is 1.95 bits per heavy atom. The molecule has 2 rings (SSSR count). The fourth-order valence-corrected chi connectivity index (χ4v) is 2.20. The lowest BCUT2D eigenvalue weighted by molar-refractivity contribution is -0.385. The van der Waals surface area contributed by atoms with Gasteiger partial charge in [-0.3, -0.25) is 10.1 Å². The van der Waals surface area contributed by atoms with Gasteiger partial charge in [-0.25, -0.2) is 4.39 Å². The van der Waals surface area contributed by atoms with Crippen molar-refractivity contribution in [3.63, 3.8) is 0 Å². The molecule has 0 aliphatic rings. The Morgan fingerprint density at radius 3 is 2.62 bits per heavy atom. The van der Waals surface area contributed by atoms with E-state index < -0.39 is 10.7 Å². The predicted octanol–water partition coefficient (Wildman–Crippen LogP) is 4.47. The predicted molar refractivity (Wildman–Crippen MR) is 80.9 cm³/mol. The van der Waals surface area contributed by atoms with Gasteiger partial charge >= 0.3 is 0 Å². The van der Waals surface area contributed by atoms with Gasteiger partial charge in [-0.2, -0.15) is 0 Å². The lowest BCUT2D eigenvalue weighted by Gasteiger charge is -2.14. The highest BCUT2D eigenvalue weighted by atomic mass is 19.1.